The van der Waals surface area contributed by atoms with Crippen LogP contribution in [0.25, 0.3) is 0 Å². The number of nitrogens with one attached hydrogen (secondary N) is 1. The van der Waals surface area contributed by atoms with E-state index >= 15 is 0 Å². The largest absolute Gasteiger partial charge is 0.277 e. The Bertz CT molecular complexity index is 738. The molecule has 1 aromatic heterocycles. The lowest BCUT2D eigenvalue weighted by Gasteiger charge is -2.13. The molecule has 1 aromatic carbocycles. The lowest BCUT2D eigenvalue weighted by Crippen LogP contribution is -2.16. The van der Waals surface area contributed by atoms with Gasteiger partial charge in [0.15, 0.2) is 5.82 Å². The summed E-state index contributed by atoms with van der Waals surface area (Å²) < 4.78 is 53.4. The summed E-state index contributed by atoms with van der Waals surface area (Å²) in [5, 5.41) is 0. The number of nitrogens with zero attached hydrogens (tertiary/aromatic N) is 1. The first-order valence-electron chi connectivity index (χ1n) is 5.70. The molecule has 0 unspecified atom stereocenters. The Balaban J connectivity index is 2.50. The van der Waals surface area contributed by atoms with Crippen molar-refractivity contribution in [1.29, 1.82) is 0 Å². The van der Waals surface area contributed by atoms with Crippen LogP contribution in [0.1, 0.15) is 11.1 Å². The maximum Gasteiger partial charge on any atom is 0.262 e. The van der Waals surface area contributed by atoms with Gasteiger partial charge in [-0.25, -0.2) is 17.2 Å². The number of aromatic nitrogens is 1. The van der Waals surface area contributed by atoms with Crippen molar-refractivity contribution in [3.05, 3.63) is 53.4 Å². The van der Waals surface area contributed by atoms with Crippen LogP contribution in [0.3, 0.4) is 0 Å². The van der Waals surface area contributed by atoms with Gasteiger partial charge in [0.1, 0.15) is 5.82 Å². The fraction of sp³-hybridized carbons (Fsp3) is 0.154. The van der Waals surface area contributed by atoms with E-state index in [4.69, 9.17) is 0 Å². The average molecular weight is 298 g/mol. The van der Waals surface area contributed by atoms with Gasteiger partial charge in [0, 0.05) is 6.20 Å². The first kappa shape index (κ1) is 14.4. The third-order valence-electron chi connectivity index (χ3n) is 2.71. The van der Waals surface area contributed by atoms with Crippen molar-refractivity contribution in [3.8, 4) is 0 Å². The molecular formula is C13H12F2N2O2S. The monoisotopic (exact) mass is 298 g/mol. The fourth-order valence-electron chi connectivity index (χ4n) is 1.98. The van der Waals surface area contributed by atoms with Crippen LogP contribution in [0.5, 0.6) is 0 Å². The number of hydrogen-bond donors (Lipinski definition) is 1. The molecule has 0 aliphatic heterocycles. The van der Waals surface area contributed by atoms with E-state index in [9.17, 15) is 17.2 Å². The molecule has 0 bridgehead atoms. The van der Waals surface area contributed by atoms with Crippen molar-refractivity contribution in [2.24, 2.45) is 0 Å². The summed E-state index contributed by atoms with van der Waals surface area (Å²) in [6, 6.07) is 3.44. The molecule has 0 fully saturated rings. The normalized spacial score (nSPS) is 11.4. The van der Waals surface area contributed by atoms with E-state index < -0.39 is 21.7 Å². The standard InChI is InChI=1S/C13H12F2N2O2S/c1-8-5-10(14)6-9(2)13(8)20(18,19)17-12-3-4-16-7-11(12)15/h3-7H,1-2H3,(H,16,17). The van der Waals surface area contributed by atoms with Crippen LogP contribution in [0.15, 0.2) is 35.5 Å². The second-order valence-corrected chi connectivity index (χ2v) is 5.95. The predicted molar refractivity (Wildman–Crippen MR) is 70.9 cm³/mol. The highest BCUT2D eigenvalue weighted by Crippen LogP contribution is 2.24. The zero-order valence-electron chi connectivity index (χ0n) is 10.8. The van der Waals surface area contributed by atoms with Crippen molar-refractivity contribution < 1.29 is 17.2 Å². The number of anilines is 1. The Morgan fingerprint density at radius 1 is 1.15 bits per heavy atom. The van der Waals surface area contributed by atoms with Gasteiger partial charge in [-0.3, -0.25) is 9.71 Å². The van der Waals surface area contributed by atoms with Crippen molar-refractivity contribution in [2.45, 2.75) is 18.7 Å². The zero-order chi connectivity index (χ0) is 14.9. The lowest BCUT2D eigenvalue weighted by molar-refractivity contribution is 0.594. The minimum Gasteiger partial charge on any atom is -0.277 e. The Morgan fingerprint density at radius 2 is 1.75 bits per heavy atom. The highest BCUT2D eigenvalue weighted by Gasteiger charge is 2.21. The molecule has 2 aromatic rings. The molecular weight excluding hydrogens is 286 g/mol. The number of aryl methyl sites for hydroxylation is 2. The topological polar surface area (TPSA) is 59.1 Å². The van der Waals surface area contributed by atoms with Crippen LogP contribution in [0, 0.1) is 25.5 Å². The lowest BCUT2D eigenvalue weighted by atomic mass is 10.1. The third kappa shape index (κ3) is 2.77. The van der Waals surface area contributed by atoms with Crippen molar-refractivity contribution in [2.75, 3.05) is 4.72 Å². The van der Waals surface area contributed by atoms with Gasteiger partial charge in [-0.2, -0.15) is 0 Å². The van der Waals surface area contributed by atoms with E-state index in [-0.39, 0.29) is 21.7 Å². The number of rotatable bonds is 3. The number of benzene rings is 1. The van der Waals surface area contributed by atoms with Gasteiger partial charge in [-0.1, -0.05) is 0 Å². The van der Waals surface area contributed by atoms with Crippen molar-refractivity contribution in [3.63, 3.8) is 0 Å². The molecule has 2 rings (SSSR count). The number of pyridine rings is 1. The molecule has 4 nitrogen and oxygen atoms in total. The number of halogens is 2. The van der Waals surface area contributed by atoms with Gasteiger partial charge in [-0.05, 0) is 43.2 Å². The summed E-state index contributed by atoms with van der Waals surface area (Å²) in [6.45, 7) is 2.96. The smallest absolute Gasteiger partial charge is 0.262 e. The maximum atomic E-state index is 13.5. The van der Waals surface area contributed by atoms with E-state index in [1.807, 2.05) is 0 Å². The predicted octanol–water partition coefficient (Wildman–Crippen LogP) is 2.78. The molecule has 0 atom stereocenters. The van der Waals surface area contributed by atoms with Crippen molar-refractivity contribution >= 4 is 15.7 Å². The van der Waals surface area contributed by atoms with Crippen LogP contribution in [0.2, 0.25) is 0 Å². The van der Waals surface area contributed by atoms with Crippen LogP contribution in [-0.4, -0.2) is 13.4 Å². The summed E-state index contributed by atoms with van der Waals surface area (Å²) in [6.07, 6.45) is 2.17. The molecule has 0 radical (unpaired) electrons. The van der Waals surface area contributed by atoms with Crippen LogP contribution in [-0.2, 0) is 10.0 Å². The molecule has 106 valence electrons. The van der Waals surface area contributed by atoms with E-state index in [1.54, 1.807) is 0 Å². The Kier molecular flexibility index (Phi) is 3.71. The second-order valence-electron chi connectivity index (χ2n) is 4.33. The molecule has 20 heavy (non-hydrogen) atoms. The van der Waals surface area contributed by atoms with Gasteiger partial charge in [0.05, 0.1) is 16.8 Å². The fourth-order valence-corrected chi connectivity index (χ4v) is 3.50. The maximum absolute atomic E-state index is 13.5. The van der Waals surface area contributed by atoms with Gasteiger partial charge >= 0.3 is 0 Å². The molecule has 0 amide bonds. The van der Waals surface area contributed by atoms with Crippen molar-refractivity contribution in [1.82, 2.24) is 4.98 Å². The first-order valence-corrected chi connectivity index (χ1v) is 7.18. The third-order valence-corrected chi connectivity index (χ3v) is 4.38. The Morgan fingerprint density at radius 3 is 2.30 bits per heavy atom. The minimum atomic E-state index is -4.00. The quantitative estimate of drug-likeness (QED) is 0.948. The van der Waals surface area contributed by atoms with E-state index in [2.05, 4.69) is 9.71 Å². The van der Waals surface area contributed by atoms with Gasteiger partial charge in [0.2, 0.25) is 0 Å². The molecule has 0 saturated carbocycles. The SMILES string of the molecule is Cc1cc(F)cc(C)c1S(=O)(=O)Nc1ccncc1F. The average Bonchev–Trinajstić information content (AvgIpc) is 2.30. The van der Waals surface area contributed by atoms with E-state index in [0.29, 0.717) is 0 Å². The van der Waals surface area contributed by atoms with E-state index in [1.165, 1.54) is 26.1 Å². The Labute approximate surface area is 115 Å². The molecule has 1 heterocycles. The van der Waals surface area contributed by atoms with Crippen LogP contribution < -0.4 is 4.72 Å². The van der Waals surface area contributed by atoms with Crippen LogP contribution in [0.4, 0.5) is 14.5 Å². The van der Waals surface area contributed by atoms with E-state index in [0.717, 1.165) is 18.3 Å². The summed E-state index contributed by atoms with van der Waals surface area (Å²) in [5.41, 5.74) is 0.303. The molecule has 0 spiro atoms. The first-order chi connectivity index (χ1) is 9.31. The summed E-state index contributed by atoms with van der Waals surface area (Å²) in [4.78, 5) is 3.47. The molecule has 0 saturated heterocycles. The highest BCUT2D eigenvalue weighted by atomic mass is 32.2. The summed E-state index contributed by atoms with van der Waals surface area (Å²) in [7, 11) is -4.00. The van der Waals surface area contributed by atoms with Gasteiger partial charge in [-0.15, -0.1) is 0 Å². The highest BCUT2D eigenvalue weighted by molar-refractivity contribution is 7.92. The van der Waals surface area contributed by atoms with Gasteiger partial charge in [0.25, 0.3) is 10.0 Å². The number of sulfonamides is 1. The Hall–Kier alpha value is -2.02. The molecule has 0 aliphatic carbocycles. The summed E-state index contributed by atoms with van der Waals surface area (Å²) >= 11 is 0. The summed E-state index contributed by atoms with van der Waals surface area (Å²) in [5.74, 6) is -1.30. The zero-order valence-corrected chi connectivity index (χ0v) is 11.6. The number of hydrogen-bond acceptors (Lipinski definition) is 3. The van der Waals surface area contributed by atoms with Gasteiger partial charge < -0.3 is 0 Å². The minimum absolute atomic E-state index is 0.0601. The molecule has 0 aliphatic rings. The van der Waals surface area contributed by atoms with Crippen LogP contribution >= 0.6 is 0 Å². The molecule has 7 heteroatoms. The molecule has 1 N–H and O–H groups in total. The second kappa shape index (κ2) is 5.16.